The second-order valence-electron chi connectivity index (χ2n) is 11.9. The van der Waals surface area contributed by atoms with Crippen molar-refractivity contribution in [3.8, 4) is 17.0 Å². The largest absolute Gasteiger partial charge is 0.497 e. The van der Waals surface area contributed by atoms with Crippen LogP contribution in [0.4, 0.5) is 11.6 Å². The van der Waals surface area contributed by atoms with Crippen molar-refractivity contribution in [1.82, 2.24) is 15.3 Å². The van der Waals surface area contributed by atoms with Crippen LogP contribution < -0.4 is 19.9 Å². The molecular formula is C34H43N5O3. The van der Waals surface area contributed by atoms with Gasteiger partial charge in [0, 0.05) is 30.4 Å². The van der Waals surface area contributed by atoms with Crippen LogP contribution in [-0.2, 0) is 4.79 Å². The number of hydrogen-bond acceptors (Lipinski definition) is 6. The van der Waals surface area contributed by atoms with Gasteiger partial charge in [0.2, 0.25) is 11.9 Å². The molecule has 2 aromatic carbocycles. The molecule has 0 unspecified atom stereocenters. The van der Waals surface area contributed by atoms with Crippen molar-refractivity contribution in [2.45, 2.75) is 77.3 Å². The first-order valence-corrected chi connectivity index (χ1v) is 15.4. The highest BCUT2D eigenvalue weighted by Gasteiger charge is 2.35. The number of methoxy groups -OCH3 is 1. The highest BCUT2D eigenvalue weighted by atomic mass is 16.5. The number of carbonyl (C=O) groups is 2. The van der Waals surface area contributed by atoms with Gasteiger partial charge in [-0.3, -0.25) is 14.5 Å². The number of carbonyl (C=O) groups excluding carboxylic acids is 2. The van der Waals surface area contributed by atoms with Crippen LogP contribution in [0.2, 0.25) is 0 Å². The lowest BCUT2D eigenvalue weighted by atomic mass is 9.94. The van der Waals surface area contributed by atoms with E-state index < -0.39 is 6.04 Å². The average molecular weight is 570 g/mol. The van der Waals surface area contributed by atoms with Crippen molar-refractivity contribution < 1.29 is 14.3 Å². The maximum absolute atomic E-state index is 14.7. The van der Waals surface area contributed by atoms with E-state index in [9.17, 15) is 9.59 Å². The minimum absolute atomic E-state index is 0.114. The number of anilines is 2. The van der Waals surface area contributed by atoms with Crippen molar-refractivity contribution >= 4 is 23.5 Å². The SMILES string of the molecule is COc1ccc(N(C(=O)c2cc(-c3ccccc3)nc(N3CCCC3)n2)[C@H](CC(C)C)C(=O)NC2CCCCC2)cc1. The van der Waals surface area contributed by atoms with E-state index in [4.69, 9.17) is 14.7 Å². The quantitative estimate of drug-likeness (QED) is 0.310. The lowest BCUT2D eigenvalue weighted by Gasteiger charge is -2.34. The fourth-order valence-electron chi connectivity index (χ4n) is 5.98. The smallest absolute Gasteiger partial charge is 0.277 e. The van der Waals surface area contributed by atoms with Crippen LogP contribution in [0.15, 0.2) is 60.7 Å². The normalized spacial score (nSPS) is 16.3. The minimum atomic E-state index is -0.696. The van der Waals surface area contributed by atoms with Crippen LogP contribution in [0.1, 0.15) is 75.7 Å². The Labute approximate surface area is 249 Å². The Bertz CT molecular complexity index is 1330. The Morgan fingerprint density at radius 2 is 1.64 bits per heavy atom. The van der Waals surface area contributed by atoms with E-state index in [0.29, 0.717) is 29.5 Å². The summed E-state index contributed by atoms with van der Waals surface area (Å²) >= 11 is 0. The van der Waals surface area contributed by atoms with E-state index >= 15 is 0 Å². The Morgan fingerprint density at radius 1 is 0.952 bits per heavy atom. The summed E-state index contributed by atoms with van der Waals surface area (Å²) < 4.78 is 5.40. The van der Waals surface area contributed by atoms with Crippen molar-refractivity contribution in [3.05, 3.63) is 66.4 Å². The summed E-state index contributed by atoms with van der Waals surface area (Å²) in [5, 5.41) is 3.30. The van der Waals surface area contributed by atoms with E-state index in [1.165, 1.54) is 6.42 Å². The number of benzene rings is 2. The first kappa shape index (κ1) is 29.5. The van der Waals surface area contributed by atoms with Gasteiger partial charge in [-0.2, -0.15) is 0 Å². The molecule has 1 saturated heterocycles. The molecule has 1 aliphatic heterocycles. The van der Waals surface area contributed by atoms with Crippen LogP contribution in [0.5, 0.6) is 5.75 Å². The summed E-state index contributed by atoms with van der Waals surface area (Å²) in [5.74, 6) is 0.995. The molecule has 2 fully saturated rings. The van der Waals surface area contributed by atoms with Crippen molar-refractivity contribution in [2.24, 2.45) is 5.92 Å². The van der Waals surface area contributed by atoms with Gasteiger partial charge in [-0.25, -0.2) is 9.97 Å². The van der Waals surface area contributed by atoms with Crippen LogP contribution in [0.25, 0.3) is 11.3 Å². The number of rotatable bonds is 10. The minimum Gasteiger partial charge on any atom is -0.497 e. The van der Waals surface area contributed by atoms with Crippen LogP contribution in [0, 0.1) is 5.92 Å². The predicted octanol–water partition coefficient (Wildman–Crippen LogP) is 6.26. The molecule has 1 atom stereocenters. The van der Waals surface area contributed by atoms with Gasteiger partial charge in [-0.05, 0) is 68.4 Å². The van der Waals surface area contributed by atoms with Gasteiger partial charge in [-0.15, -0.1) is 0 Å². The van der Waals surface area contributed by atoms with Crippen molar-refractivity contribution in [1.29, 1.82) is 0 Å². The molecule has 0 spiro atoms. The number of nitrogens with zero attached hydrogens (tertiary/aromatic N) is 4. The van der Waals surface area contributed by atoms with Crippen molar-refractivity contribution in [2.75, 3.05) is 30.0 Å². The second-order valence-corrected chi connectivity index (χ2v) is 11.9. The molecule has 1 aliphatic carbocycles. The molecule has 1 saturated carbocycles. The monoisotopic (exact) mass is 569 g/mol. The van der Waals surface area contributed by atoms with E-state index in [0.717, 1.165) is 57.2 Å². The number of amides is 2. The van der Waals surface area contributed by atoms with Crippen LogP contribution in [0.3, 0.4) is 0 Å². The van der Waals surface area contributed by atoms with Crippen LogP contribution in [-0.4, -0.2) is 54.1 Å². The molecule has 1 N–H and O–H groups in total. The standard InChI is InChI=1S/C34H43N5O3/c1-24(2)22-31(32(40)35-26-14-8-5-9-15-26)39(27-16-18-28(42-3)19-17-27)33(41)30-23-29(25-12-6-4-7-13-25)36-34(37-30)38-20-10-11-21-38/h4,6-7,12-13,16-19,23-24,26,31H,5,8-11,14-15,20-22H2,1-3H3,(H,35,40)/t31-/m1/s1. The fourth-order valence-corrected chi connectivity index (χ4v) is 5.98. The zero-order valence-electron chi connectivity index (χ0n) is 25.1. The maximum atomic E-state index is 14.7. The summed E-state index contributed by atoms with van der Waals surface area (Å²) in [5.41, 5.74) is 2.52. The number of aromatic nitrogens is 2. The van der Waals surface area contributed by atoms with E-state index in [1.807, 2.05) is 54.6 Å². The summed E-state index contributed by atoms with van der Waals surface area (Å²) in [7, 11) is 1.61. The molecule has 1 aromatic heterocycles. The topological polar surface area (TPSA) is 87.7 Å². The molecule has 0 bridgehead atoms. The summed E-state index contributed by atoms with van der Waals surface area (Å²) in [6.07, 6.45) is 8.04. The summed E-state index contributed by atoms with van der Waals surface area (Å²) in [6, 6.07) is 18.4. The molecule has 3 aromatic rings. The second kappa shape index (κ2) is 13.8. The van der Waals surface area contributed by atoms with Gasteiger partial charge >= 0.3 is 0 Å². The third-order valence-corrected chi connectivity index (χ3v) is 8.22. The summed E-state index contributed by atoms with van der Waals surface area (Å²) in [6.45, 7) is 5.88. The first-order valence-electron chi connectivity index (χ1n) is 15.4. The maximum Gasteiger partial charge on any atom is 0.277 e. The Balaban J connectivity index is 1.58. The molecule has 2 aliphatic rings. The van der Waals surface area contributed by atoms with Gasteiger partial charge in [0.05, 0.1) is 12.8 Å². The number of hydrogen-bond donors (Lipinski definition) is 1. The van der Waals surface area contributed by atoms with Gasteiger partial charge in [0.25, 0.3) is 5.91 Å². The highest BCUT2D eigenvalue weighted by molar-refractivity contribution is 6.09. The average Bonchev–Trinajstić information content (AvgIpc) is 3.57. The molecule has 42 heavy (non-hydrogen) atoms. The first-order chi connectivity index (χ1) is 20.4. The Morgan fingerprint density at radius 3 is 2.29 bits per heavy atom. The predicted molar refractivity (Wildman–Crippen MR) is 167 cm³/mol. The third-order valence-electron chi connectivity index (χ3n) is 8.22. The van der Waals surface area contributed by atoms with Crippen LogP contribution >= 0.6 is 0 Å². The number of ether oxygens (including phenoxy) is 1. The zero-order chi connectivity index (χ0) is 29.5. The van der Waals surface area contributed by atoms with Crippen molar-refractivity contribution in [3.63, 3.8) is 0 Å². The molecule has 0 radical (unpaired) electrons. The Kier molecular flexibility index (Phi) is 9.72. The molecule has 8 nitrogen and oxygen atoms in total. The fraction of sp³-hybridized carbons (Fsp3) is 0.471. The lowest BCUT2D eigenvalue weighted by Crippen LogP contribution is -2.53. The lowest BCUT2D eigenvalue weighted by molar-refractivity contribution is -0.123. The molecular weight excluding hydrogens is 526 g/mol. The van der Waals surface area contributed by atoms with Gasteiger partial charge in [0.15, 0.2) is 0 Å². The summed E-state index contributed by atoms with van der Waals surface area (Å²) in [4.78, 5) is 42.2. The molecule has 8 heteroatoms. The molecule has 222 valence electrons. The van der Waals surface area contributed by atoms with Gasteiger partial charge in [-0.1, -0.05) is 63.4 Å². The molecule has 2 amide bonds. The molecule has 5 rings (SSSR count). The highest BCUT2D eigenvalue weighted by Crippen LogP contribution is 2.29. The Hall–Kier alpha value is -3.94. The van der Waals surface area contributed by atoms with E-state index in [2.05, 4.69) is 24.1 Å². The van der Waals surface area contributed by atoms with E-state index in [1.54, 1.807) is 18.1 Å². The number of nitrogens with one attached hydrogen (secondary N) is 1. The third kappa shape index (κ3) is 7.09. The molecule has 2 heterocycles. The van der Waals surface area contributed by atoms with E-state index in [-0.39, 0.29) is 29.5 Å². The van der Waals surface area contributed by atoms with Gasteiger partial charge in [0.1, 0.15) is 17.5 Å². The van der Waals surface area contributed by atoms with Gasteiger partial charge < -0.3 is 15.0 Å². The zero-order valence-corrected chi connectivity index (χ0v) is 25.1.